The Hall–Kier alpha value is -1.08. The molecule has 6 nitrogen and oxygen atoms in total. The lowest BCUT2D eigenvalue weighted by atomic mass is 10.4. The van der Waals surface area contributed by atoms with Gasteiger partial charge in [0.1, 0.15) is 0 Å². The number of nitrogens with zero attached hydrogens (tertiary/aromatic N) is 4. The summed E-state index contributed by atoms with van der Waals surface area (Å²) < 4.78 is 5.37. The van der Waals surface area contributed by atoms with E-state index in [9.17, 15) is 0 Å². The maximum Gasteiger partial charge on any atom is 0.231 e. The molecule has 0 aliphatic carbocycles. The van der Waals surface area contributed by atoms with Crippen LogP contribution in [-0.4, -0.2) is 53.6 Å². The second-order valence-corrected chi connectivity index (χ2v) is 5.64. The summed E-state index contributed by atoms with van der Waals surface area (Å²) in [4.78, 5) is 15.7. The van der Waals surface area contributed by atoms with Crippen LogP contribution in [0.5, 0.6) is 0 Å². The van der Waals surface area contributed by atoms with Gasteiger partial charge in [-0.1, -0.05) is 25.1 Å². The van der Waals surface area contributed by atoms with Crippen molar-refractivity contribution in [3.05, 3.63) is 0 Å². The van der Waals surface area contributed by atoms with Crippen molar-refractivity contribution in [1.82, 2.24) is 15.0 Å². The van der Waals surface area contributed by atoms with Crippen molar-refractivity contribution in [3.8, 4) is 0 Å². The van der Waals surface area contributed by atoms with Gasteiger partial charge in [0.15, 0.2) is 5.16 Å². The molecule has 7 heteroatoms. The molecule has 112 valence electrons. The van der Waals surface area contributed by atoms with Crippen LogP contribution in [0.1, 0.15) is 26.7 Å². The van der Waals surface area contributed by atoms with Gasteiger partial charge in [0, 0.05) is 25.4 Å². The van der Waals surface area contributed by atoms with Crippen molar-refractivity contribution in [3.63, 3.8) is 0 Å². The average Bonchev–Trinajstić information content (AvgIpc) is 2.49. The highest BCUT2D eigenvalue weighted by molar-refractivity contribution is 7.99. The van der Waals surface area contributed by atoms with E-state index >= 15 is 0 Å². The van der Waals surface area contributed by atoms with Crippen LogP contribution in [0, 0.1) is 0 Å². The number of thioether (sulfide) groups is 1. The van der Waals surface area contributed by atoms with Crippen molar-refractivity contribution in [1.29, 1.82) is 0 Å². The molecule has 1 N–H and O–H groups in total. The molecule has 20 heavy (non-hydrogen) atoms. The van der Waals surface area contributed by atoms with Crippen molar-refractivity contribution >= 4 is 23.7 Å². The molecular formula is C13H23N5OS. The van der Waals surface area contributed by atoms with Gasteiger partial charge in [-0.15, -0.1) is 0 Å². The van der Waals surface area contributed by atoms with Crippen LogP contribution in [0.25, 0.3) is 0 Å². The van der Waals surface area contributed by atoms with Crippen molar-refractivity contribution in [2.45, 2.75) is 31.8 Å². The minimum absolute atomic E-state index is 0.669. The van der Waals surface area contributed by atoms with Gasteiger partial charge in [0.05, 0.1) is 13.2 Å². The lowest BCUT2D eigenvalue weighted by molar-refractivity contribution is 0.122. The quantitative estimate of drug-likeness (QED) is 0.610. The van der Waals surface area contributed by atoms with E-state index < -0.39 is 0 Å². The molecule has 1 aromatic heterocycles. The van der Waals surface area contributed by atoms with Gasteiger partial charge in [-0.05, 0) is 13.3 Å². The third-order valence-corrected chi connectivity index (χ3v) is 3.89. The van der Waals surface area contributed by atoms with E-state index in [1.807, 2.05) is 6.92 Å². The number of hydrogen-bond acceptors (Lipinski definition) is 7. The summed E-state index contributed by atoms with van der Waals surface area (Å²) >= 11 is 1.70. The van der Waals surface area contributed by atoms with Gasteiger partial charge in [-0.2, -0.15) is 15.0 Å². The third-order valence-electron chi connectivity index (χ3n) is 2.96. The number of anilines is 2. The van der Waals surface area contributed by atoms with E-state index in [2.05, 4.69) is 32.1 Å². The Morgan fingerprint density at radius 1 is 1.20 bits per heavy atom. The first kappa shape index (κ1) is 15.3. The zero-order valence-corrected chi connectivity index (χ0v) is 13.1. The Morgan fingerprint density at radius 3 is 2.70 bits per heavy atom. The molecule has 0 saturated carbocycles. The molecule has 1 fully saturated rings. The van der Waals surface area contributed by atoms with Crippen LogP contribution < -0.4 is 10.2 Å². The van der Waals surface area contributed by atoms with Gasteiger partial charge >= 0.3 is 0 Å². The highest BCUT2D eigenvalue weighted by atomic mass is 32.2. The molecule has 0 amide bonds. The molecule has 0 radical (unpaired) electrons. The van der Waals surface area contributed by atoms with Crippen LogP contribution in [0.3, 0.4) is 0 Å². The lowest BCUT2D eigenvalue weighted by Gasteiger charge is -2.27. The second-order valence-electron chi connectivity index (χ2n) is 4.57. The first-order valence-electron chi connectivity index (χ1n) is 7.29. The summed E-state index contributed by atoms with van der Waals surface area (Å²) in [5.41, 5.74) is 0. The standard InChI is InChI=1S/C13H23N5OS/c1-3-5-10-20-13-16-11(14-4-2)15-12(17-13)18-6-8-19-9-7-18/h3-10H2,1-2H3,(H,14,15,16,17). The number of ether oxygens (including phenoxy) is 1. The fraction of sp³-hybridized carbons (Fsp3) is 0.769. The normalized spacial score (nSPS) is 15.4. The summed E-state index contributed by atoms with van der Waals surface area (Å²) in [6.07, 6.45) is 2.37. The Bertz CT molecular complexity index is 412. The summed E-state index contributed by atoms with van der Waals surface area (Å²) in [6.45, 7) is 8.20. The predicted octanol–water partition coefficient (Wildman–Crippen LogP) is 2.03. The molecule has 0 unspecified atom stereocenters. The third kappa shape index (κ3) is 4.49. The van der Waals surface area contributed by atoms with E-state index in [1.165, 1.54) is 12.8 Å². The molecule has 2 rings (SSSR count). The monoisotopic (exact) mass is 297 g/mol. The second kappa shape index (κ2) is 8.26. The first-order valence-corrected chi connectivity index (χ1v) is 8.27. The lowest BCUT2D eigenvalue weighted by Crippen LogP contribution is -2.37. The zero-order chi connectivity index (χ0) is 14.2. The molecule has 1 saturated heterocycles. The maximum atomic E-state index is 5.37. The van der Waals surface area contributed by atoms with Crippen LogP contribution in [0.2, 0.25) is 0 Å². The molecular weight excluding hydrogens is 274 g/mol. The van der Waals surface area contributed by atoms with Gasteiger partial charge in [0.2, 0.25) is 11.9 Å². The molecule has 0 bridgehead atoms. The number of hydrogen-bond donors (Lipinski definition) is 1. The number of aromatic nitrogens is 3. The van der Waals surface area contributed by atoms with Crippen LogP contribution in [0.15, 0.2) is 5.16 Å². The van der Waals surface area contributed by atoms with Gasteiger partial charge in [0.25, 0.3) is 0 Å². The molecule has 0 atom stereocenters. The number of nitrogens with one attached hydrogen (secondary N) is 1. The number of rotatable bonds is 7. The average molecular weight is 297 g/mol. The minimum Gasteiger partial charge on any atom is -0.378 e. The Kier molecular flexibility index (Phi) is 6.32. The van der Waals surface area contributed by atoms with E-state index in [4.69, 9.17) is 4.74 Å². The van der Waals surface area contributed by atoms with Gasteiger partial charge < -0.3 is 15.0 Å². The Labute approximate surface area is 124 Å². The number of morpholine rings is 1. The summed E-state index contributed by atoms with van der Waals surface area (Å²) in [5.74, 6) is 2.48. The van der Waals surface area contributed by atoms with Crippen LogP contribution in [0.4, 0.5) is 11.9 Å². The molecule has 2 heterocycles. The fourth-order valence-corrected chi connectivity index (χ4v) is 2.77. The zero-order valence-electron chi connectivity index (χ0n) is 12.3. The predicted molar refractivity (Wildman–Crippen MR) is 82.7 cm³/mol. The summed E-state index contributed by atoms with van der Waals surface area (Å²) in [7, 11) is 0. The summed E-state index contributed by atoms with van der Waals surface area (Å²) in [5, 5.41) is 4.00. The van der Waals surface area contributed by atoms with Crippen molar-refractivity contribution < 1.29 is 4.74 Å². The Balaban J connectivity index is 2.11. The minimum atomic E-state index is 0.669. The SMILES string of the molecule is CCCCSc1nc(NCC)nc(N2CCOCC2)n1. The van der Waals surface area contributed by atoms with Gasteiger partial charge in [-0.25, -0.2) is 0 Å². The highest BCUT2D eigenvalue weighted by Crippen LogP contribution is 2.20. The smallest absolute Gasteiger partial charge is 0.231 e. The molecule has 1 aliphatic heterocycles. The first-order chi connectivity index (χ1) is 9.83. The topological polar surface area (TPSA) is 63.2 Å². The number of unbranched alkanes of at least 4 members (excludes halogenated alkanes) is 1. The summed E-state index contributed by atoms with van der Waals surface area (Å²) in [6, 6.07) is 0. The highest BCUT2D eigenvalue weighted by Gasteiger charge is 2.16. The largest absolute Gasteiger partial charge is 0.378 e. The van der Waals surface area contributed by atoms with E-state index in [1.54, 1.807) is 11.8 Å². The molecule has 1 aromatic rings. The van der Waals surface area contributed by atoms with Gasteiger partial charge in [-0.3, -0.25) is 0 Å². The molecule has 1 aliphatic rings. The van der Waals surface area contributed by atoms with Crippen molar-refractivity contribution in [2.24, 2.45) is 0 Å². The van der Waals surface area contributed by atoms with Crippen LogP contribution >= 0.6 is 11.8 Å². The van der Waals surface area contributed by atoms with E-state index in [0.29, 0.717) is 5.95 Å². The van der Waals surface area contributed by atoms with E-state index in [0.717, 1.165) is 49.7 Å². The maximum absolute atomic E-state index is 5.37. The van der Waals surface area contributed by atoms with Crippen LogP contribution in [-0.2, 0) is 4.74 Å². The van der Waals surface area contributed by atoms with Crippen molar-refractivity contribution in [2.75, 3.05) is 48.8 Å². The van der Waals surface area contributed by atoms with E-state index in [-0.39, 0.29) is 0 Å². The fourth-order valence-electron chi connectivity index (χ4n) is 1.86. The Morgan fingerprint density at radius 2 is 2.00 bits per heavy atom. The molecule has 0 aromatic carbocycles. The molecule has 0 spiro atoms.